The maximum atomic E-state index is 11.6. The van der Waals surface area contributed by atoms with E-state index in [4.69, 9.17) is 0 Å². The first kappa shape index (κ1) is 10.5. The minimum Gasteiger partial charge on any atom is -0.295 e. The molecule has 0 saturated heterocycles. The molecule has 0 N–H and O–H groups in total. The van der Waals surface area contributed by atoms with Gasteiger partial charge in [0.15, 0.2) is 5.78 Å². The van der Waals surface area contributed by atoms with Gasteiger partial charge in [-0.3, -0.25) is 4.79 Å². The first-order valence-corrected chi connectivity index (χ1v) is 5.55. The quantitative estimate of drug-likeness (QED) is 0.605. The summed E-state index contributed by atoms with van der Waals surface area (Å²) in [5.41, 5.74) is 0. The lowest BCUT2D eigenvalue weighted by atomic mass is 9.86. The summed E-state index contributed by atoms with van der Waals surface area (Å²) in [6.07, 6.45) is 12.1. The smallest absolute Gasteiger partial charge is 0.158 e. The Kier molecular flexibility index (Phi) is 4.81. The maximum absolute atomic E-state index is 11.6. The third-order valence-corrected chi connectivity index (χ3v) is 2.75. The molecule has 0 spiro atoms. The predicted octanol–water partition coefficient (Wildman–Crippen LogP) is 3.49. The molecule has 1 heteroatoms. The van der Waals surface area contributed by atoms with E-state index in [0.717, 1.165) is 25.7 Å². The molecule has 0 radical (unpaired) electrons. The summed E-state index contributed by atoms with van der Waals surface area (Å²) < 4.78 is 0. The Morgan fingerprint density at radius 3 is 2.62 bits per heavy atom. The van der Waals surface area contributed by atoms with Gasteiger partial charge in [-0.1, -0.05) is 38.7 Å². The number of allylic oxidation sites excluding steroid dienone is 2. The summed E-state index contributed by atoms with van der Waals surface area (Å²) in [7, 11) is 0. The third-order valence-electron chi connectivity index (χ3n) is 2.75. The number of hydrogen-bond acceptors (Lipinski definition) is 1. The highest BCUT2D eigenvalue weighted by Gasteiger charge is 2.18. The Labute approximate surface area is 81.2 Å². The van der Waals surface area contributed by atoms with Gasteiger partial charge in [0.2, 0.25) is 0 Å². The zero-order valence-corrected chi connectivity index (χ0v) is 8.59. The number of carbonyl (C=O) groups is 1. The SMILES string of the molecule is CCC/C=C/C(=O)C1CCCCC1. The van der Waals surface area contributed by atoms with Gasteiger partial charge >= 0.3 is 0 Å². The van der Waals surface area contributed by atoms with Gasteiger partial charge in [-0.2, -0.15) is 0 Å². The summed E-state index contributed by atoms with van der Waals surface area (Å²) in [5.74, 6) is 0.718. The van der Waals surface area contributed by atoms with Crippen molar-refractivity contribution in [2.75, 3.05) is 0 Å². The lowest BCUT2D eigenvalue weighted by molar-refractivity contribution is -0.119. The van der Waals surface area contributed by atoms with E-state index < -0.39 is 0 Å². The molecule has 0 unspecified atom stereocenters. The maximum Gasteiger partial charge on any atom is 0.158 e. The Balaban J connectivity index is 2.28. The highest BCUT2D eigenvalue weighted by molar-refractivity contribution is 5.91. The lowest BCUT2D eigenvalue weighted by Gasteiger charge is -2.18. The molecule has 1 aliphatic rings. The molecule has 0 aromatic heterocycles. The van der Waals surface area contributed by atoms with Gasteiger partial charge in [0.05, 0.1) is 0 Å². The van der Waals surface area contributed by atoms with Crippen molar-refractivity contribution in [3.8, 4) is 0 Å². The van der Waals surface area contributed by atoms with Gasteiger partial charge < -0.3 is 0 Å². The fraction of sp³-hybridized carbons (Fsp3) is 0.750. The predicted molar refractivity (Wildman–Crippen MR) is 55.6 cm³/mol. The molecule has 13 heavy (non-hydrogen) atoms. The second kappa shape index (κ2) is 5.95. The highest BCUT2D eigenvalue weighted by Crippen LogP contribution is 2.24. The minimum atomic E-state index is 0.349. The number of ketones is 1. The molecule has 0 heterocycles. The van der Waals surface area contributed by atoms with E-state index in [9.17, 15) is 4.79 Å². The second-order valence-electron chi connectivity index (χ2n) is 3.93. The Hall–Kier alpha value is -0.590. The number of hydrogen-bond donors (Lipinski definition) is 0. The van der Waals surface area contributed by atoms with E-state index in [0.29, 0.717) is 11.7 Å². The van der Waals surface area contributed by atoms with Crippen LogP contribution in [0.5, 0.6) is 0 Å². The average Bonchev–Trinajstić information content (AvgIpc) is 2.19. The van der Waals surface area contributed by atoms with Gasteiger partial charge in [-0.25, -0.2) is 0 Å². The van der Waals surface area contributed by atoms with Gasteiger partial charge in [0, 0.05) is 5.92 Å². The van der Waals surface area contributed by atoms with E-state index in [2.05, 4.69) is 6.92 Å². The van der Waals surface area contributed by atoms with Crippen molar-refractivity contribution in [2.24, 2.45) is 5.92 Å². The second-order valence-corrected chi connectivity index (χ2v) is 3.93. The largest absolute Gasteiger partial charge is 0.295 e. The summed E-state index contributed by atoms with van der Waals surface area (Å²) in [4.78, 5) is 11.6. The van der Waals surface area contributed by atoms with Crippen LogP contribution in [0.3, 0.4) is 0 Å². The summed E-state index contributed by atoms with van der Waals surface area (Å²) >= 11 is 0. The fourth-order valence-corrected chi connectivity index (χ4v) is 1.89. The van der Waals surface area contributed by atoms with E-state index in [1.54, 1.807) is 6.08 Å². The zero-order chi connectivity index (χ0) is 9.52. The van der Waals surface area contributed by atoms with Crippen LogP contribution in [0.4, 0.5) is 0 Å². The lowest BCUT2D eigenvalue weighted by Crippen LogP contribution is -2.15. The molecule has 0 bridgehead atoms. The van der Waals surface area contributed by atoms with Crippen molar-refractivity contribution in [2.45, 2.75) is 51.9 Å². The van der Waals surface area contributed by atoms with Crippen LogP contribution in [0.2, 0.25) is 0 Å². The van der Waals surface area contributed by atoms with Crippen molar-refractivity contribution >= 4 is 5.78 Å². The highest BCUT2D eigenvalue weighted by atomic mass is 16.1. The van der Waals surface area contributed by atoms with Crippen LogP contribution >= 0.6 is 0 Å². The molecule has 0 aliphatic heterocycles. The number of carbonyl (C=O) groups excluding carboxylic acids is 1. The normalized spacial score (nSPS) is 19.5. The molecule has 0 aromatic carbocycles. The van der Waals surface area contributed by atoms with Gasteiger partial charge in [-0.05, 0) is 25.3 Å². The van der Waals surface area contributed by atoms with Crippen molar-refractivity contribution in [1.29, 1.82) is 0 Å². The van der Waals surface area contributed by atoms with E-state index in [-0.39, 0.29) is 0 Å². The van der Waals surface area contributed by atoms with Gasteiger partial charge in [-0.15, -0.1) is 0 Å². The van der Waals surface area contributed by atoms with Crippen LogP contribution in [0.15, 0.2) is 12.2 Å². The standard InChI is InChI=1S/C12H20O/c1-2-3-5-10-12(13)11-8-6-4-7-9-11/h5,10-11H,2-4,6-9H2,1H3/b10-5+. The Morgan fingerprint density at radius 2 is 2.00 bits per heavy atom. The Morgan fingerprint density at radius 1 is 1.31 bits per heavy atom. The monoisotopic (exact) mass is 180 g/mol. The van der Waals surface area contributed by atoms with Crippen molar-refractivity contribution in [1.82, 2.24) is 0 Å². The summed E-state index contributed by atoms with van der Waals surface area (Å²) in [6, 6.07) is 0. The summed E-state index contributed by atoms with van der Waals surface area (Å²) in [6.45, 7) is 2.13. The van der Waals surface area contributed by atoms with Crippen molar-refractivity contribution < 1.29 is 4.79 Å². The molecule has 0 amide bonds. The molecule has 0 aromatic rings. The van der Waals surface area contributed by atoms with Crippen LogP contribution in [0.25, 0.3) is 0 Å². The summed E-state index contributed by atoms with van der Waals surface area (Å²) in [5, 5.41) is 0. The topological polar surface area (TPSA) is 17.1 Å². The molecular formula is C12H20O. The molecule has 1 fully saturated rings. The molecule has 0 atom stereocenters. The minimum absolute atomic E-state index is 0.349. The van der Waals surface area contributed by atoms with Crippen LogP contribution in [0, 0.1) is 5.92 Å². The van der Waals surface area contributed by atoms with Crippen LogP contribution in [-0.4, -0.2) is 5.78 Å². The molecule has 1 nitrogen and oxygen atoms in total. The molecular weight excluding hydrogens is 160 g/mol. The zero-order valence-electron chi connectivity index (χ0n) is 8.59. The van der Waals surface area contributed by atoms with Crippen LogP contribution in [-0.2, 0) is 4.79 Å². The molecule has 1 rings (SSSR count). The Bertz CT molecular complexity index is 176. The van der Waals surface area contributed by atoms with E-state index in [1.807, 2.05) is 6.08 Å². The average molecular weight is 180 g/mol. The van der Waals surface area contributed by atoms with Crippen molar-refractivity contribution in [3.63, 3.8) is 0 Å². The third kappa shape index (κ3) is 3.75. The number of rotatable bonds is 4. The molecule has 1 aliphatic carbocycles. The first-order valence-electron chi connectivity index (χ1n) is 5.55. The van der Waals surface area contributed by atoms with Crippen LogP contribution < -0.4 is 0 Å². The van der Waals surface area contributed by atoms with Gasteiger partial charge in [0.1, 0.15) is 0 Å². The molecule has 1 saturated carbocycles. The molecule has 74 valence electrons. The van der Waals surface area contributed by atoms with E-state index in [1.165, 1.54) is 19.3 Å². The van der Waals surface area contributed by atoms with Crippen LogP contribution in [0.1, 0.15) is 51.9 Å². The number of unbranched alkanes of at least 4 members (excludes halogenated alkanes) is 1. The van der Waals surface area contributed by atoms with Crippen molar-refractivity contribution in [3.05, 3.63) is 12.2 Å². The first-order chi connectivity index (χ1) is 6.34. The van der Waals surface area contributed by atoms with Gasteiger partial charge in [0.25, 0.3) is 0 Å². The fourth-order valence-electron chi connectivity index (χ4n) is 1.89. The van der Waals surface area contributed by atoms with E-state index >= 15 is 0 Å².